The van der Waals surface area contributed by atoms with Gasteiger partial charge in [-0.2, -0.15) is 0 Å². The number of rotatable bonds is 6. The largest absolute Gasteiger partial charge is 0.364 e. The predicted octanol–water partition coefficient (Wildman–Crippen LogP) is 1.46. The van der Waals surface area contributed by atoms with E-state index in [1.807, 2.05) is 11.8 Å². The average molecular weight is 362 g/mol. The molecule has 4 atom stereocenters. The molecule has 24 heavy (non-hydrogen) atoms. The second kappa shape index (κ2) is 10.2. The summed E-state index contributed by atoms with van der Waals surface area (Å²) >= 11 is 0. The number of hydrogen-bond acceptors (Lipinski definition) is 4. The first-order valence-corrected chi connectivity index (χ1v) is 8.99. The SMILES string of the molecule is CCCC(C)NC(=O)C1CCCN(C(=O)[C@@H]2CC[C@H](CN)O2)C1.Cl. The highest BCUT2D eigenvalue weighted by molar-refractivity contribution is 5.85. The van der Waals surface area contributed by atoms with Crippen LogP contribution in [0.15, 0.2) is 0 Å². The van der Waals surface area contributed by atoms with Gasteiger partial charge in [-0.25, -0.2) is 0 Å². The van der Waals surface area contributed by atoms with Crippen LogP contribution in [0.2, 0.25) is 0 Å². The van der Waals surface area contributed by atoms with Crippen LogP contribution >= 0.6 is 12.4 Å². The summed E-state index contributed by atoms with van der Waals surface area (Å²) in [6.07, 6.45) is 4.98. The number of ether oxygens (including phenoxy) is 1. The van der Waals surface area contributed by atoms with Gasteiger partial charge in [-0.3, -0.25) is 9.59 Å². The Labute approximate surface area is 151 Å². The molecule has 2 heterocycles. The number of nitrogens with zero attached hydrogens (tertiary/aromatic N) is 1. The van der Waals surface area contributed by atoms with Crippen molar-refractivity contribution < 1.29 is 14.3 Å². The maximum absolute atomic E-state index is 12.6. The van der Waals surface area contributed by atoms with E-state index >= 15 is 0 Å². The summed E-state index contributed by atoms with van der Waals surface area (Å²) in [5, 5.41) is 3.07. The summed E-state index contributed by atoms with van der Waals surface area (Å²) in [5.41, 5.74) is 5.60. The van der Waals surface area contributed by atoms with Crippen LogP contribution in [0, 0.1) is 5.92 Å². The van der Waals surface area contributed by atoms with Gasteiger partial charge in [0.2, 0.25) is 5.91 Å². The standard InChI is InChI=1S/C17H31N3O3.ClH/c1-3-5-12(2)19-16(21)13-6-4-9-20(11-13)17(22)15-8-7-14(10-18)23-15;/h12-15H,3-11,18H2,1-2H3,(H,19,21);1H/t12?,13?,14-,15+;/m1./s1. The summed E-state index contributed by atoms with van der Waals surface area (Å²) in [5.74, 6) is 0.00870. The Morgan fingerprint density at radius 3 is 2.71 bits per heavy atom. The zero-order valence-electron chi connectivity index (χ0n) is 14.8. The van der Waals surface area contributed by atoms with Crippen molar-refractivity contribution in [1.29, 1.82) is 0 Å². The second-order valence-electron chi connectivity index (χ2n) is 6.88. The molecule has 140 valence electrons. The molecule has 7 heteroatoms. The Hall–Kier alpha value is -0.850. The van der Waals surface area contributed by atoms with Crippen molar-refractivity contribution in [3.8, 4) is 0 Å². The fraction of sp³-hybridized carbons (Fsp3) is 0.882. The second-order valence-corrected chi connectivity index (χ2v) is 6.88. The molecule has 0 aromatic carbocycles. The summed E-state index contributed by atoms with van der Waals surface area (Å²) in [6.45, 7) is 5.84. The Kier molecular flexibility index (Phi) is 9.02. The third kappa shape index (κ3) is 5.60. The number of likely N-dealkylation sites (tertiary alicyclic amines) is 1. The molecule has 0 aromatic heterocycles. The minimum absolute atomic E-state index is 0. The number of halogens is 1. The van der Waals surface area contributed by atoms with Gasteiger partial charge in [-0.05, 0) is 39.0 Å². The van der Waals surface area contributed by atoms with E-state index in [0.29, 0.717) is 13.1 Å². The maximum atomic E-state index is 12.6. The molecule has 2 aliphatic rings. The highest BCUT2D eigenvalue weighted by Gasteiger charge is 2.36. The number of amides is 2. The Bertz CT molecular complexity index is 422. The number of nitrogens with one attached hydrogen (secondary N) is 1. The van der Waals surface area contributed by atoms with E-state index in [1.165, 1.54) is 0 Å². The first-order valence-electron chi connectivity index (χ1n) is 8.99. The van der Waals surface area contributed by atoms with Gasteiger partial charge < -0.3 is 20.7 Å². The van der Waals surface area contributed by atoms with Crippen LogP contribution in [0.3, 0.4) is 0 Å². The fourth-order valence-corrected chi connectivity index (χ4v) is 3.52. The molecule has 0 aliphatic carbocycles. The van der Waals surface area contributed by atoms with Gasteiger partial charge in [-0.15, -0.1) is 12.4 Å². The van der Waals surface area contributed by atoms with Gasteiger partial charge in [-0.1, -0.05) is 13.3 Å². The predicted molar refractivity (Wildman–Crippen MR) is 96.0 cm³/mol. The van der Waals surface area contributed by atoms with Crippen LogP contribution in [0.4, 0.5) is 0 Å². The topological polar surface area (TPSA) is 84.7 Å². The molecule has 2 saturated heterocycles. The van der Waals surface area contributed by atoms with E-state index in [2.05, 4.69) is 12.2 Å². The zero-order valence-corrected chi connectivity index (χ0v) is 15.6. The normalized spacial score (nSPS) is 28.1. The van der Waals surface area contributed by atoms with E-state index in [0.717, 1.165) is 45.1 Å². The van der Waals surface area contributed by atoms with Gasteiger partial charge in [0.05, 0.1) is 12.0 Å². The molecule has 0 spiro atoms. The van der Waals surface area contributed by atoms with Crippen molar-refractivity contribution in [2.75, 3.05) is 19.6 Å². The minimum atomic E-state index is -0.371. The third-order valence-corrected chi connectivity index (χ3v) is 4.86. The highest BCUT2D eigenvalue weighted by Crippen LogP contribution is 2.24. The lowest BCUT2D eigenvalue weighted by atomic mass is 9.96. The average Bonchev–Trinajstić information content (AvgIpc) is 3.03. The number of carbonyl (C=O) groups excluding carboxylic acids is 2. The highest BCUT2D eigenvalue weighted by atomic mass is 35.5. The number of hydrogen-bond donors (Lipinski definition) is 2. The molecule has 2 fully saturated rings. The lowest BCUT2D eigenvalue weighted by Crippen LogP contribution is -2.49. The van der Waals surface area contributed by atoms with Gasteiger partial charge in [0, 0.05) is 25.7 Å². The quantitative estimate of drug-likeness (QED) is 0.750. The van der Waals surface area contributed by atoms with E-state index in [-0.39, 0.29) is 48.4 Å². The van der Waals surface area contributed by atoms with E-state index < -0.39 is 0 Å². The first kappa shape index (κ1) is 21.2. The molecule has 0 saturated carbocycles. The van der Waals surface area contributed by atoms with Gasteiger partial charge in [0.15, 0.2) is 0 Å². The fourth-order valence-electron chi connectivity index (χ4n) is 3.52. The lowest BCUT2D eigenvalue weighted by Gasteiger charge is -2.34. The third-order valence-electron chi connectivity index (χ3n) is 4.86. The van der Waals surface area contributed by atoms with Gasteiger partial charge in [0.1, 0.15) is 6.10 Å². The van der Waals surface area contributed by atoms with Crippen LogP contribution in [0.5, 0.6) is 0 Å². The summed E-state index contributed by atoms with van der Waals surface area (Å²) in [4.78, 5) is 26.8. The molecule has 0 bridgehead atoms. The van der Waals surface area contributed by atoms with E-state index in [4.69, 9.17) is 10.5 Å². The van der Waals surface area contributed by atoms with Crippen LogP contribution in [0.25, 0.3) is 0 Å². The summed E-state index contributed by atoms with van der Waals surface area (Å²) in [7, 11) is 0. The van der Waals surface area contributed by atoms with Crippen LogP contribution in [-0.4, -0.2) is 54.6 Å². The Morgan fingerprint density at radius 2 is 2.08 bits per heavy atom. The first-order chi connectivity index (χ1) is 11.0. The molecule has 2 rings (SSSR count). The molecular weight excluding hydrogens is 330 g/mol. The lowest BCUT2D eigenvalue weighted by molar-refractivity contribution is -0.145. The molecule has 2 aliphatic heterocycles. The van der Waals surface area contributed by atoms with Crippen LogP contribution in [0.1, 0.15) is 52.4 Å². The Morgan fingerprint density at radius 1 is 1.33 bits per heavy atom. The molecule has 3 N–H and O–H groups in total. The van der Waals surface area contributed by atoms with Gasteiger partial charge >= 0.3 is 0 Å². The molecule has 0 radical (unpaired) electrons. The van der Waals surface area contributed by atoms with Crippen molar-refractivity contribution in [1.82, 2.24) is 10.2 Å². The summed E-state index contributed by atoms with van der Waals surface area (Å²) in [6, 6.07) is 0.196. The van der Waals surface area contributed by atoms with Crippen LogP contribution < -0.4 is 11.1 Å². The van der Waals surface area contributed by atoms with Crippen molar-refractivity contribution in [2.45, 2.75) is 70.6 Å². The van der Waals surface area contributed by atoms with Crippen molar-refractivity contribution in [3.63, 3.8) is 0 Å². The van der Waals surface area contributed by atoms with Gasteiger partial charge in [0.25, 0.3) is 5.91 Å². The smallest absolute Gasteiger partial charge is 0.251 e. The number of carbonyl (C=O) groups is 2. The molecule has 2 amide bonds. The van der Waals surface area contributed by atoms with Crippen LogP contribution in [-0.2, 0) is 14.3 Å². The van der Waals surface area contributed by atoms with Crippen molar-refractivity contribution >= 4 is 24.2 Å². The monoisotopic (exact) mass is 361 g/mol. The summed E-state index contributed by atoms with van der Waals surface area (Å²) < 4.78 is 5.70. The van der Waals surface area contributed by atoms with E-state index in [1.54, 1.807) is 0 Å². The molecular formula is C17H32ClN3O3. The van der Waals surface area contributed by atoms with E-state index in [9.17, 15) is 9.59 Å². The van der Waals surface area contributed by atoms with Crippen molar-refractivity contribution in [2.24, 2.45) is 11.7 Å². The molecule has 2 unspecified atom stereocenters. The number of piperidine rings is 1. The van der Waals surface area contributed by atoms with Crippen molar-refractivity contribution in [3.05, 3.63) is 0 Å². The minimum Gasteiger partial charge on any atom is -0.364 e. The zero-order chi connectivity index (χ0) is 16.8. The number of nitrogens with two attached hydrogens (primary N) is 1. The molecule has 0 aromatic rings. The molecule has 6 nitrogen and oxygen atoms in total. The Balaban J connectivity index is 0.00000288. The maximum Gasteiger partial charge on any atom is 0.251 e.